The fourth-order valence-electron chi connectivity index (χ4n) is 0.208. The smallest absolute Gasteiger partial charge is 0.327 e. The second-order valence-electron chi connectivity index (χ2n) is 0.853. The van der Waals surface area contributed by atoms with Crippen molar-refractivity contribution in [2.75, 3.05) is 6.79 Å². The molecule has 0 unspecified atom stereocenters. The lowest BCUT2D eigenvalue weighted by Gasteiger charge is -2.14. The van der Waals surface area contributed by atoms with E-state index in [2.05, 4.69) is 19.6 Å². The van der Waals surface area contributed by atoms with Crippen molar-refractivity contribution in [1.29, 1.82) is 0 Å². The van der Waals surface area contributed by atoms with Gasteiger partial charge in [0.1, 0.15) is 0 Å². The molecule has 0 saturated carbocycles. The first-order valence-corrected chi connectivity index (χ1v) is 1.64. The lowest BCUT2D eigenvalue weighted by Crippen LogP contribution is -2.23. The molecule has 7 heavy (non-hydrogen) atoms. The molecule has 0 atom stereocenters. The number of hydrogen-bond donors (Lipinski definition) is 1. The van der Waals surface area contributed by atoms with Crippen LogP contribution in [0.4, 0.5) is 0 Å². The molecule has 1 rings (SSSR count). The van der Waals surface area contributed by atoms with Gasteiger partial charge in [0.2, 0.25) is 6.79 Å². The first kappa shape index (κ1) is 4.95. The van der Waals surface area contributed by atoms with E-state index in [9.17, 15) is 0 Å². The van der Waals surface area contributed by atoms with Crippen LogP contribution in [0.1, 0.15) is 0 Å². The summed E-state index contributed by atoms with van der Waals surface area (Å²) in [6.45, 7) is -1.52. The molecule has 1 saturated heterocycles. The van der Waals surface area contributed by atoms with Gasteiger partial charge in [0.15, 0.2) is 0 Å². The lowest BCUT2D eigenvalue weighted by atomic mass is 11.3. The third-order valence-corrected chi connectivity index (χ3v) is 0.397. The molecule has 0 amide bonds. The van der Waals surface area contributed by atoms with Crippen molar-refractivity contribution >= 4 is 0 Å². The van der Waals surface area contributed by atoms with E-state index in [1.165, 1.54) is 0 Å². The van der Waals surface area contributed by atoms with Crippen LogP contribution < -0.4 is 0 Å². The summed E-state index contributed by atoms with van der Waals surface area (Å²) in [6, 6.07) is 0. The molecule has 0 radical (unpaired) electrons. The fourth-order valence-corrected chi connectivity index (χ4v) is 0.208. The Kier molecular flexibility index (Phi) is 1.55. The highest BCUT2D eigenvalue weighted by Gasteiger charge is 2.10. The summed E-state index contributed by atoms with van der Waals surface area (Å²) in [6.07, 6.45) is 0. The van der Waals surface area contributed by atoms with Crippen LogP contribution in [0.25, 0.3) is 0 Å². The van der Waals surface area contributed by atoms with E-state index in [-0.39, 0.29) is 6.79 Å². The molecule has 42 valence electrons. The zero-order valence-corrected chi connectivity index (χ0v) is 3.36. The second kappa shape index (κ2) is 2.20. The van der Waals surface area contributed by atoms with E-state index in [1.807, 2.05) is 0 Å². The fraction of sp³-hybridized carbons (Fsp3) is 1.00. The predicted molar refractivity (Wildman–Crippen MR) is 15.2 cm³/mol. The summed E-state index contributed by atoms with van der Waals surface area (Å²) in [5.41, 5.74) is 0. The largest absolute Gasteiger partial charge is 0.342 e. The summed E-state index contributed by atoms with van der Waals surface area (Å²) in [5.74, 6) is 0. The summed E-state index contributed by atoms with van der Waals surface area (Å²) in [7, 11) is 0. The van der Waals surface area contributed by atoms with Gasteiger partial charge in [-0.2, -0.15) is 19.6 Å². The third-order valence-electron chi connectivity index (χ3n) is 0.397. The molecule has 1 aliphatic rings. The van der Waals surface area contributed by atoms with Crippen molar-refractivity contribution in [3.63, 3.8) is 0 Å². The van der Waals surface area contributed by atoms with Gasteiger partial charge in [0.05, 0.1) is 0 Å². The average Bonchev–Trinajstić information content (AvgIpc) is 1.69. The Balaban J connectivity index is 2.12. The van der Waals surface area contributed by atoms with Crippen molar-refractivity contribution in [1.82, 2.24) is 0 Å². The first-order valence-electron chi connectivity index (χ1n) is 1.64. The first-order chi connectivity index (χ1) is 3.39. The molecule has 0 aliphatic carbocycles. The van der Waals surface area contributed by atoms with Crippen LogP contribution in [-0.4, -0.2) is 18.4 Å². The quantitative estimate of drug-likeness (QED) is 0.409. The highest BCUT2D eigenvalue weighted by Crippen LogP contribution is 1.98. The van der Waals surface area contributed by atoms with E-state index in [0.717, 1.165) is 0 Å². The topological polar surface area (TPSA) is 57.2 Å². The van der Waals surface area contributed by atoms with Crippen molar-refractivity contribution in [2.24, 2.45) is 0 Å². The monoisotopic (exact) mass is 108 g/mol. The van der Waals surface area contributed by atoms with Crippen LogP contribution >= 0.6 is 0 Å². The summed E-state index contributed by atoms with van der Waals surface area (Å²) >= 11 is 0. The Labute approximate surface area is 39.2 Å². The highest BCUT2D eigenvalue weighted by atomic mass is 17.4. The summed E-state index contributed by atoms with van der Waals surface area (Å²) < 4.78 is 0. The highest BCUT2D eigenvalue weighted by molar-refractivity contribution is 3.99. The molecule has 5 heteroatoms. The Morgan fingerprint density at radius 3 is 2.14 bits per heavy atom. The molecule has 0 aromatic heterocycles. The van der Waals surface area contributed by atoms with Gasteiger partial charge in [0.25, 0.3) is 0 Å². The van der Waals surface area contributed by atoms with Gasteiger partial charge in [0, 0.05) is 0 Å². The molecule has 0 spiro atoms. The van der Waals surface area contributed by atoms with E-state index in [4.69, 9.17) is 5.11 Å². The number of rotatable bonds is 0. The molecular formula is C2H4O5. The average molecular weight is 108 g/mol. The second-order valence-corrected chi connectivity index (χ2v) is 0.853. The van der Waals surface area contributed by atoms with E-state index in [1.54, 1.807) is 0 Å². The standard InChI is InChI=1S/C2H4O5/c3-2-6-4-1-5-7-2/h2-3H,1H2. The summed E-state index contributed by atoms with van der Waals surface area (Å²) in [4.78, 5) is 16.1. The van der Waals surface area contributed by atoms with Gasteiger partial charge in [-0.1, -0.05) is 0 Å². The van der Waals surface area contributed by atoms with Gasteiger partial charge in [-0.15, -0.1) is 0 Å². The maximum absolute atomic E-state index is 8.21. The normalized spacial score (nSPS) is 25.3. The van der Waals surface area contributed by atoms with Crippen LogP contribution in [0, 0.1) is 0 Å². The molecule has 0 bridgehead atoms. The Bertz CT molecular complexity index is 48.0. The van der Waals surface area contributed by atoms with Crippen LogP contribution in [-0.2, 0) is 19.6 Å². The molecule has 1 aliphatic heterocycles. The molecular weight excluding hydrogens is 104 g/mol. The SMILES string of the molecule is OC1OOCOO1. The van der Waals surface area contributed by atoms with Gasteiger partial charge in [-0.3, -0.25) is 0 Å². The van der Waals surface area contributed by atoms with Crippen LogP contribution in [0.2, 0.25) is 0 Å². The Morgan fingerprint density at radius 1 is 1.29 bits per heavy atom. The molecule has 1 N–H and O–H groups in total. The number of aliphatic hydroxyl groups is 1. The van der Waals surface area contributed by atoms with Gasteiger partial charge >= 0.3 is 6.48 Å². The van der Waals surface area contributed by atoms with Crippen molar-refractivity contribution in [3.8, 4) is 0 Å². The number of aliphatic hydroxyl groups excluding tert-OH is 1. The zero-order chi connectivity index (χ0) is 5.11. The molecule has 0 aromatic carbocycles. The van der Waals surface area contributed by atoms with Crippen LogP contribution in [0.5, 0.6) is 0 Å². The maximum atomic E-state index is 8.21. The van der Waals surface area contributed by atoms with Crippen LogP contribution in [0.15, 0.2) is 0 Å². The van der Waals surface area contributed by atoms with Crippen LogP contribution in [0.3, 0.4) is 0 Å². The summed E-state index contributed by atoms with van der Waals surface area (Å²) in [5, 5.41) is 8.21. The molecule has 0 aromatic rings. The predicted octanol–water partition coefficient (Wildman–Crippen LogP) is -0.870. The van der Waals surface area contributed by atoms with Gasteiger partial charge in [-0.25, -0.2) is 0 Å². The minimum absolute atomic E-state index is 0.114. The van der Waals surface area contributed by atoms with Crippen molar-refractivity contribution < 1.29 is 24.7 Å². The Hall–Kier alpha value is -0.200. The molecule has 1 fully saturated rings. The minimum atomic E-state index is -1.41. The molecule has 5 nitrogen and oxygen atoms in total. The molecule has 1 heterocycles. The van der Waals surface area contributed by atoms with Crippen molar-refractivity contribution in [3.05, 3.63) is 0 Å². The zero-order valence-electron chi connectivity index (χ0n) is 3.36. The van der Waals surface area contributed by atoms with Gasteiger partial charge in [-0.05, 0) is 0 Å². The third kappa shape index (κ3) is 1.38. The van der Waals surface area contributed by atoms with E-state index >= 15 is 0 Å². The van der Waals surface area contributed by atoms with Gasteiger partial charge < -0.3 is 5.11 Å². The lowest BCUT2D eigenvalue weighted by molar-refractivity contribution is -0.597. The minimum Gasteiger partial charge on any atom is -0.342 e. The van der Waals surface area contributed by atoms with E-state index < -0.39 is 6.48 Å². The van der Waals surface area contributed by atoms with E-state index in [0.29, 0.717) is 0 Å². The maximum Gasteiger partial charge on any atom is 0.327 e. The Morgan fingerprint density at radius 2 is 1.86 bits per heavy atom. The van der Waals surface area contributed by atoms with Crippen molar-refractivity contribution in [2.45, 2.75) is 6.48 Å². The number of hydrogen-bond acceptors (Lipinski definition) is 5.